The first-order valence-electron chi connectivity index (χ1n) is 10.7. The molecule has 3 heterocycles. The van der Waals surface area contributed by atoms with Crippen LogP contribution in [0.25, 0.3) is 15.3 Å². The van der Waals surface area contributed by atoms with Gasteiger partial charge in [0.15, 0.2) is 0 Å². The minimum atomic E-state index is -0.317. The number of thiazole rings is 1. The molecular weight excluding hydrogens is 454 g/mol. The number of imide groups is 1. The Morgan fingerprint density at radius 1 is 1.09 bits per heavy atom. The Hall–Kier alpha value is -4.05. The lowest BCUT2D eigenvalue weighted by Crippen LogP contribution is -2.31. The summed E-state index contributed by atoms with van der Waals surface area (Å²) in [5.41, 5.74) is 2.36. The van der Waals surface area contributed by atoms with Crippen LogP contribution in [0.3, 0.4) is 0 Å². The number of nitrogens with one attached hydrogen (secondary N) is 1. The summed E-state index contributed by atoms with van der Waals surface area (Å²) in [6.45, 7) is 2.02. The van der Waals surface area contributed by atoms with Gasteiger partial charge in [-0.2, -0.15) is 9.78 Å². The highest BCUT2D eigenvalue weighted by Crippen LogP contribution is 2.30. The van der Waals surface area contributed by atoms with E-state index in [1.807, 2.05) is 25.1 Å². The molecule has 2 aromatic heterocycles. The van der Waals surface area contributed by atoms with Gasteiger partial charge < -0.3 is 10.1 Å². The molecule has 0 radical (unpaired) electrons. The summed E-state index contributed by atoms with van der Waals surface area (Å²) in [5, 5.41) is 7.98. The fourth-order valence-corrected chi connectivity index (χ4v) is 4.85. The number of methoxy groups -OCH3 is 1. The topological polar surface area (TPSA) is 106 Å². The average molecular weight is 476 g/mol. The lowest BCUT2D eigenvalue weighted by molar-refractivity contribution is -0.116. The van der Waals surface area contributed by atoms with Crippen molar-refractivity contribution in [3.63, 3.8) is 0 Å². The summed E-state index contributed by atoms with van der Waals surface area (Å²) in [6.07, 6.45) is 0.500. The van der Waals surface area contributed by atoms with Gasteiger partial charge in [0, 0.05) is 19.0 Å². The first-order chi connectivity index (χ1) is 16.4. The fraction of sp³-hybridized carbons (Fsp3) is 0.208. The van der Waals surface area contributed by atoms with Crippen LogP contribution in [0.5, 0.6) is 5.75 Å². The first kappa shape index (κ1) is 21.8. The van der Waals surface area contributed by atoms with Crippen LogP contribution in [0.2, 0.25) is 0 Å². The average Bonchev–Trinajstić information content (AvgIpc) is 3.49. The van der Waals surface area contributed by atoms with Crippen molar-refractivity contribution in [2.24, 2.45) is 0 Å². The number of carbonyl (C=O) groups is 3. The number of rotatable bonds is 7. The zero-order valence-corrected chi connectivity index (χ0v) is 19.4. The second-order valence-corrected chi connectivity index (χ2v) is 8.88. The van der Waals surface area contributed by atoms with E-state index in [1.165, 1.54) is 16.2 Å². The smallest absolute Gasteiger partial charge is 0.261 e. The summed E-state index contributed by atoms with van der Waals surface area (Å²) in [5.74, 6) is 0.380. The lowest BCUT2D eigenvalue weighted by atomic mass is 10.1. The number of ether oxygens (including phenoxy) is 1. The highest BCUT2D eigenvalue weighted by atomic mass is 32.1. The van der Waals surface area contributed by atoms with Crippen LogP contribution in [0.15, 0.2) is 48.5 Å². The van der Waals surface area contributed by atoms with Crippen molar-refractivity contribution < 1.29 is 19.1 Å². The number of amides is 3. The van der Waals surface area contributed by atoms with Crippen LogP contribution < -0.4 is 10.1 Å². The summed E-state index contributed by atoms with van der Waals surface area (Å²) in [4.78, 5) is 43.4. The van der Waals surface area contributed by atoms with E-state index in [4.69, 9.17) is 4.74 Å². The van der Waals surface area contributed by atoms with Crippen molar-refractivity contribution in [2.45, 2.75) is 19.8 Å². The minimum absolute atomic E-state index is 0.147. The van der Waals surface area contributed by atoms with Crippen molar-refractivity contribution in [3.05, 3.63) is 65.4 Å². The summed E-state index contributed by atoms with van der Waals surface area (Å²) in [6, 6.07) is 14.1. The third-order valence-electron chi connectivity index (χ3n) is 5.53. The van der Waals surface area contributed by atoms with Gasteiger partial charge in [-0.25, -0.2) is 4.98 Å². The number of aromatic nitrogens is 3. The van der Waals surface area contributed by atoms with Gasteiger partial charge in [-0.1, -0.05) is 23.5 Å². The normalized spacial score (nSPS) is 12.9. The molecule has 9 nitrogen and oxygen atoms in total. The zero-order valence-electron chi connectivity index (χ0n) is 18.6. The quantitative estimate of drug-likeness (QED) is 0.408. The van der Waals surface area contributed by atoms with Crippen molar-refractivity contribution in [2.75, 3.05) is 19.0 Å². The molecule has 0 saturated carbocycles. The number of aryl methyl sites for hydroxylation is 1. The molecule has 2 aromatic carbocycles. The molecule has 172 valence electrons. The number of fused-ring (bicyclic) bond motifs is 2. The molecule has 1 aliphatic heterocycles. The molecule has 5 rings (SSSR count). The number of hydrogen-bond donors (Lipinski definition) is 1. The fourth-order valence-electron chi connectivity index (χ4n) is 3.89. The van der Waals surface area contributed by atoms with Crippen LogP contribution in [-0.4, -0.2) is 51.0 Å². The number of benzene rings is 2. The molecule has 1 aliphatic rings. The van der Waals surface area contributed by atoms with Gasteiger partial charge in [0.05, 0.1) is 34.1 Å². The Morgan fingerprint density at radius 2 is 1.82 bits per heavy atom. The summed E-state index contributed by atoms with van der Waals surface area (Å²) < 4.78 is 7.83. The molecule has 0 fully saturated rings. The predicted octanol–water partition coefficient (Wildman–Crippen LogP) is 3.81. The maximum atomic E-state index is 12.6. The van der Waals surface area contributed by atoms with Crippen molar-refractivity contribution in [1.29, 1.82) is 0 Å². The SMILES string of the molecule is COc1ccc2nc(-n3nc(C)cc3NC(=O)CCCN3C(=O)c4ccccc4C3=O)sc2c1. The van der Waals surface area contributed by atoms with Crippen LogP contribution >= 0.6 is 11.3 Å². The Bertz CT molecular complexity index is 1410. The molecule has 34 heavy (non-hydrogen) atoms. The molecule has 0 spiro atoms. The van der Waals surface area contributed by atoms with Crippen LogP contribution in [0.4, 0.5) is 5.82 Å². The van der Waals surface area contributed by atoms with Gasteiger partial charge in [0.1, 0.15) is 11.6 Å². The van der Waals surface area contributed by atoms with Crippen LogP contribution in [0.1, 0.15) is 39.3 Å². The monoisotopic (exact) mass is 475 g/mol. The van der Waals surface area contributed by atoms with Gasteiger partial charge in [0.2, 0.25) is 11.0 Å². The maximum absolute atomic E-state index is 12.6. The Labute approximate surface area is 199 Å². The van der Waals surface area contributed by atoms with Gasteiger partial charge in [0.25, 0.3) is 11.8 Å². The predicted molar refractivity (Wildman–Crippen MR) is 128 cm³/mol. The van der Waals surface area contributed by atoms with Crippen molar-refractivity contribution >= 4 is 45.1 Å². The van der Waals surface area contributed by atoms with Gasteiger partial charge in [-0.05, 0) is 43.7 Å². The third-order valence-corrected chi connectivity index (χ3v) is 6.52. The number of carbonyl (C=O) groups excluding carboxylic acids is 3. The zero-order chi connectivity index (χ0) is 23.8. The molecule has 0 aliphatic carbocycles. The highest BCUT2D eigenvalue weighted by molar-refractivity contribution is 7.20. The van der Waals surface area contributed by atoms with E-state index < -0.39 is 0 Å². The van der Waals surface area contributed by atoms with Crippen molar-refractivity contribution in [1.82, 2.24) is 19.7 Å². The molecule has 0 bridgehead atoms. The molecule has 3 amide bonds. The Morgan fingerprint density at radius 3 is 2.53 bits per heavy atom. The van der Waals surface area contributed by atoms with E-state index in [1.54, 1.807) is 42.1 Å². The first-order valence-corrected chi connectivity index (χ1v) is 11.5. The number of nitrogens with zero attached hydrogens (tertiary/aromatic N) is 4. The highest BCUT2D eigenvalue weighted by Gasteiger charge is 2.34. The molecule has 0 saturated heterocycles. The largest absolute Gasteiger partial charge is 0.497 e. The van der Waals surface area contributed by atoms with E-state index in [0.29, 0.717) is 28.5 Å². The maximum Gasteiger partial charge on any atom is 0.261 e. The van der Waals surface area contributed by atoms with Gasteiger partial charge in [-0.15, -0.1) is 0 Å². The van der Waals surface area contributed by atoms with E-state index in [0.717, 1.165) is 21.7 Å². The Kier molecular flexibility index (Phi) is 5.58. The molecular formula is C24H21N5O4S. The van der Waals surface area contributed by atoms with Crippen LogP contribution in [0, 0.1) is 6.92 Å². The second-order valence-electron chi connectivity index (χ2n) is 7.87. The van der Waals surface area contributed by atoms with E-state index >= 15 is 0 Å². The Balaban J connectivity index is 1.25. The summed E-state index contributed by atoms with van der Waals surface area (Å²) >= 11 is 1.44. The van der Waals surface area contributed by atoms with E-state index in [9.17, 15) is 14.4 Å². The molecule has 0 unspecified atom stereocenters. The second kappa shape index (κ2) is 8.71. The standard InChI is InChI=1S/C24H21N5O4S/c1-14-12-20(29(27-14)24-25-18-10-9-15(33-2)13-19(18)34-24)26-21(30)8-5-11-28-22(31)16-6-3-4-7-17(16)23(28)32/h3-4,6-7,9-10,12-13H,5,8,11H2,1-2H3,(H,26,30). The third kappa shape index (κ3) is 3.92. The minimum Gasteiger partial charge on any atom is -0.497 e. The molecule has 0 atom stereocenters. The molecule has 4 aromatic rings. The number of hydrogen-bond acceptors (Lipinski definition) is 7. The van der Waals surface area contributed by atoms with Crippen LogP contribution in [-0.2, 0) is 4.79 Å². The van der Waals surface area contributed by atoms with Gasteiger partial charge >= 0.3 is 0 Å². The summed E-state index contributed by atoms with van der Waals surface area (Å²) in [7, 11) is 1.61. The molecule has 1 N–H and O–H groups in total. The van der Waals surface area contributed by atoms with Crippen molar-refractivity contribution in [3.8, 4) is 10.9 Å². The van der Waals surface area contributed by atoms with E-state index in [2.05, 4.69) is 15.4 Å². The lowest BCUT2D eigenvalue weighted by Gasteiger charge is -2.13. The van der Waals surface area contributed by atoms with E-state index in [-0.39, 0.29) is 30.7 Å². The molecule has 10 heteroatoms. The van der Waals surface area contributed by atoms with Gasteiger partial charge in [-0.3, -0.25) is 19.3 Å². The number of anilines is 1.